The molecule has 1 amide bonds. The summed E-state index contributed by atoms with van der Waals surface area (Å²) in [6.07, 6.45) is 4.81. The first kappa shape index (κ1) is 25.1. The van der Waals surface area contributed by atoms with E-state index in [0.717, 1.165) is 35.1 Å². The third-order valence-corrected chi connectivity index (χ3v) is 7.57. The molecule has 1 aliphatic carbocycles. The molecule has 3 aliphatic rings. The van der Waals surface area contributed by atoms with Crippen LogP contribution in [0.5, 0.6) is 0 Å². The summed E-state index contributed by atoms with van der Waals surface area (Å²) in [5.41, 5.74) is 3.26. The SMILES string of the molecule is CC#Cc1cc(C)c(C2C(=O)CC3(CCN(C(=O)C=NOC4CCOCC4)CC3)CC2=O)c(C)c1. The van der Waals surface area contributed by atoms with Crippen LogP contribution in [0.2, 0.25) is 0 Å². The van der Waals surface area contributed by atoms with Gasteiger partial charge >= 0.3 is 0 Å². The minimum atomic E-state index is -0.696. The number of nitrogens with zero attached hydrogens (tertiary/aromatic N) is 2. The molecule has 0 unspecified atom stereocenters. The monoisotopic (exact) mass is 478 g/mol. The lowest BCUT2D eigenvalue weighted by atomic mass is 9.62. The van der Waals surface area contributed by atoms with Crippen LogP contribution in [-0.2, 0) is 24.0 Å². The molecule has 0 atom stereocenters. The van der Waals surface area contributed by atoms with Crippen molar-refractivity contribution >= 4 is 23.7 Å². The molecular weight excluding hydrogens is 444 g/mol. The minimum Gasteiger partial charge on any atom is -0.392 e. The Morgan fingerprint density at radius 2 is 1.71 bits per heavy atom. The van der Waals surface area contributed by atoms with Crippen molar-refractivity contribution in [2.75, 3.05) is 26.3 Å². The van der Waals surface area contributed by atoms with E-state index >= 15 is 0 Å². The number of amides is 1. The smallest absolute Gasteiger partial charge is 0.268 e. The summed E-state index contributed by atoms with van der Waals surface area (Å²) in [5.74, 6) is 5.05. The fourth-order valence-corrected chi connectivity index (χ4v) is 5.73. The number of carbonyl (C=O) groups is 3. The third kappa shape index (κ3) is 5.65. The Labute approximate surface area is 207 Å². The number of Topliss-reactive ketones (excluding diaryl/α,β-unsaturated/α-hetero) is 2. The van der Waals surface area contributed by atoms with Gasteiger partial charge in [0.05, 0.1) is 13.2 Å². The third-order valence-electron chi connectivity index (χ3n) is 7.57. The molecule has 0 radical (unpaired) electrons. The van der Waals surface area contributed by atoms with E-state index in [1.54, 1.807) is 11.8 Å². The Kier molecular flexibility index (Phi) is 7.71. The van der Waals surface area contributed by atoms with E-state index in [1.165, 1.54) is 6.21 Å². The number of piperidine rings is 1. The quantitative estimate of drug-likeness (QED) is 0.286. The number of benzene rings is 1. The van der Waals surface area contributed by atoms with Gasteiger partial charge in [-0.1, -0.05) is 11.1 Å². The van der Waals surface area contributed by atoms with E-state index in [1.807, 2.05) is 26.0 Å². The van der Waals surface area contributed by atoms with Gasteiger partial charge in [-0.25, -0.2) is 0 Å². The van der Waals surface area contributed by atoms with Crippen LogP contribution in [0.25, 0.3) is 0 Å². The molecule has 7 nitrogen and oxygen atoms in total. The lowest BCUT2D eigenvalue weighted by Crippen LogP contribution is -2.48. The number of oxime groups is 1. The van der Waals surface area contributed by atoms with Gasteiger partial charge in [0.15, 0.2) is 0 Å². The summed E-state index contributed by atoms with van der Waals surface area (Å²) in [7, 11) is 0. The van der Waals surface area contributed by atoms with Gasteiger partial charge in [0, 0.05) is 44.3 Å². The van der Waals surface area contributed by atoms with Gasteiger partial charge in [0.2, 0.25) is 0 Å². The van der Waals surface area contributed by atoms with E-state index in [4.69, 9.17) is 9.57 Å². The zero-order chi connectivity index (χ0) is 25.0. The highest BCUT2D eigenvalue weighted by atomic mass is 16.6. The predicted octanol–water partition coefficient (Wildman–Crippen LogP) is 3.48. The molecule has 3 fully saturated rings. The molecule has 186 valence electrons. The van der Waals surface area contributed by atoms with Gasteiger partial charge in [-0.15, -0.1) is 5.92 Å². The molecule has 2 heterocycles. The van der Waals surface area contributed by atoms with Gasteiger partial charge in [-0.05, 0) is 67.9 Å². The van der Waals surface area contributed by atoms with Crippen molar-refractivity contribution in [3.63, 3.8) is 0 Å². The van der Waals surface area contributed by atoms with Crippen molar-refractivity contribution in [2.24, 2.45) is 10.6 Å². The van der Waals surface area contributed by atoms with Crippen LogP contribution in [-0.4, -0.2) is 61.0 Å². The maximum atomic E-state index is 13.3. The number of carbonyl (C=O) groups excluding carboxylic acids is 3. The summed E-state index contributed by atoms with van der Waals surface area (Å²) in [4.78, 5) is 46.4. The maximum absolute atomic E-state index is 13.3. The van der Waals surface area contributed by atoms with Crippen LogP contribution < -0.4 is 0 Å². The number of ether oxygens (including phenoxy) is 1. The van der Waals surface area contributed by atoms with Gasteiger partial charge < -0.3 is 14.5 Å². The lowest BCUT2D eigenvalue weighted by Gasteiger charge is -2.44. The zero-order valence-electron chi connectivity index (χ0n) is 20.9. The number of ketones is 2. The summed E-state index contributed by atoms with van der Waals surface area (Å²) in [6.45, 7) is 8.01. The van der Waals surface area contributed by atoms with E-state index in [9.17, 15) is 14.4 Å². The molecule has 0 bridgehead atoms. The second kappa shape index (κ2) is 10.7. The molecule has 2 aliphatic heterocycles. The lowest BCUT2D eigenvalue weighted by molar-refractivity contribution is -0.139. The second-order valence-electron chi connectivity index (χ2n) is 10.1. The molecule has 1 aromatic carbocycles. The van der Waals surface area contributed by atoms with E-state index in [0.29, 0.717) is 52.0 Å². The molecule has 7 heteroatoms. The predicted molar refractivity (Wildman–Crippen MR) is 132 cm³/mol. The number of hydrogen-bond acceptors (Lipinski definition) is 6. The summed E-state index contributed by atoms with van der Waals surface area (Å²) in [6, 6.07) is 3.92. The molecule has 4 rings (SSSR count). The van der Waals surface area contributed by atoms with Crippen molar-refractivity contribution in [1.29, 1.82) is 0 Å². The summed E-state index contributed by atoms with van der Waals surface area (Å²) >= 11 is 0. The molecule has 2 saturated heterocycles. The average Bonchev–Trinajstić information content (AvgIpc) is 2.81. The molecule has 1 spiro atoms. The normalized spacial score (nSPS) is 21.3. The average molecular weight is 479 g/mol. The van der Waals surface area contributed by atoms with Gasteiger partial charge in [0.25, 0.3) is 5.91 Å². The molecule has 0 aromatic heterocycles. The molecule has 1 saturated carbocycles. The van der Waals surface area contributed by atoms with Crippen LogP contribution in [0.1, 0.15) is 73.6 Å². The molecular formula is C28H34N2O5. The van der Waals surface area contributed by atoms with Crippen molar-refractivity contribution in [3.05, 3.63) is 34.4 Å². The van der Waals surface area contributed by atoms with Crippen molar-refractivity contribution < 1.29 is 24.0 Å². The van der Waals surface area contributed by atoms with Crippen molar-refractivity contribution in [1.82, 2.24) is 4.90 Å². The second-order valence-corrected chi connectivity index (χ2v) is 10.1. The van der Waals surface area contributed by atoms with Gasteiger partial charge in [0.1, 0.15) is 29.8 Å². The number of hydrogen-bond donors (Lipinski definition) is 0. The standard InChI is InChI=1S/C28H34N2O5/c1-4-5-21-14-19(2)26(20(3)15-21)27-23(31)16-28(17-24(27)32)8-10-30(11-9-28)25(33)18-29-35-22-6-12-34-13-7-22/h14-15,18,22,27H,6-13,16-17H2,1-3H3. The molecule has 0 N–H and O–H groups in total. The number of likely N-dealkylation sites (tertiary alicyclic amines) is 1. The van der Waals surface area contributed by atoms with Crippen molar-refractivity contribution in [3.8, 4) is 11.8 Å². The highest BCUT2D eigenvalue weighted by Crippen LogP contribution is 2.46. The number of aryl methyl sites for hydroxylation is 2. The Morgan fingerprint density at radius 3 is 2.29 bits per heavy atom. The minimum absolute atomic E-state index is 0.00650. The Bertz CT molecular complexity index is 1040. The summed E-state index contributed by atoms with van der Waals surface area (Å²) < 4.78 is 5.29. The number of rotatable bonds is 4. The Balaban J connectivity index is 1.37. The first-order valence-electron chi connectivity index (χ1n) is 12.5. The van der Waals surface area contributed by atoms with Crippen LogP contribution in [0.4, 0.5) is 0 Å². The first-order valence-corrected chi connectivity index (χ1v) is 12.5. The highest BCUT2D eigenvalue weighted by molar-refractivity contribution is 6.26. The molecule has 1 aromatic rings. The Hall–Kier alpha value is -2.98. The fourth-order valence-electron chi connectivity index (χ4n) is 5.73. The zero-order valence-corrected chi connectivity index (χ0v) is 20.9. The molecule has 35 heavy (non-hydrogen) atoms. The van der Waals surface area contributed by atoms with Crippen LogP contribution >= 0.6 is 0 Å². The maximum Gasteiger partial charge on any atom is 0.268 e. The largest absolute Gasteiger partial charge is 0.392 e. The Morgan fingerprint density at radius 1 is 1.11 bits per heavy atom. The topological polar surface area (TPSA) is 85.3 Å². The fraction of sp³-hybridized carbons (Fsp3) is 0.571. The van der Waals surface area contributed by atoms with E-state index in [-0.39, 0.29) is 29.0 Å². The van der Waals surface area contributed by atoms with Gasteiger partial charge in [-0.3, -0.25) is 14.4 Å². The van der Waals surface area contributed by atoms with Gasteiger partial charge in [-0.2, -0.15) is 0 Å². The van der Waals surface area contributed by atoms with Crippen LogP contribution in [0.15, 0.2) is 17.3 Å². The first-order chi connectivity index (χ1) is 16.8. The summed E-state index contributed by atoms with van der Waals surface area (Å²) in [5, 5.41) is 3.89. The van der Waals surface area contributed by atoms with Crippen molar-refractivity contribution in [2.45, 2.75) is 71.3 Å². The van der Waals surface area contributed by atoms with E-state index < -0.39 is 5.92 Å². The van der Waals surface area contributed by atoms with E-state index in [2.05, 4.69) is 17.0 Å². The van der Waals surface area contributed by atoms with Crippen LogP contribution in [0, 0.1) is 31.1 Å². The highest BCUT2D eigenvalue weighted by Gasteiger charge is 2.47. The van der Waals surface area contributed by atoms with Crippen LogP contribution in [0.3, 0.4) is 0 Å².